The molecule has 3 aromatic carbocycles. The molecule has 33 heavy (non-hydrogen) atoms. The van der Waals surface area contributed by atoms with E-state index in [1.165, 1.54) is 22.9 Å². The largest absolute Gasteiger partial charge is 0.480 e. The average molecular weight is 465 g/mol. The van der Waals surface area contributed by atoms with Crippen LogP contribution >= 0.6 is 11.6 Å². The zero-order chi connectivity index (χ0) is 23.5. The van der Waals surface area contributed by atoms with E-state index in [1.807, 2.05) is 60.7 Å². The van der Waals surface area contributed by atoms with E-state index in [9.17, 15) is 23.9 Å². The molecule has 0 unspecified atom stereocenters. The Morgan fingerprint density at radius 1 is 0.879 bits per heavy atom. The van der Waals surface area contributed by atoms with E-state index >= 15 is 0 Å². The maximum Gasteiger partial charge on any atom is 0.332 e. The summed E-state index contributed by atoms with van der Waals surface area (Å²) in [7, 11) is 0. The summed E-state index contributed by atoms with van der Waals surface area (Å²) in [6.45, 7) is -0.852. The van der Waals surface area contributed by atoms with Crippen molar-refractivity contribution in [3.05, 3.63) is 128 Å². The normalized spacial score (nSPS) is 11.0. The fourth-order valence-electron chi connectivity index (χ4n) is 3.76. The maximum atomic E-state index is 14.2. The summed E-state index contributed by atoms with van der Waals surface area (Å²) in [4.78, 5) is 38.0. The molecular formula is C25H18ClFN2O4. The summed E-state index contributed by atoms with van der Waals surface area (Å²) in [5.74, 6) is -2.10. The van der Waals surface area contributed by atoms with Crippen molar-refractivity contribution in [1.82, 2.24) is 9.13 Å². The molecule has 1 aromatic heterocycles. The van der Waals surface area contributed by atoms with Gasteiger partial charge >= 0.3 is 11.7 Å². The topological polar surface area (TPSA) is 81.3 Å². The summed E-state index contributed by atoms with van der Waals surface area (Å²) in [6.07, 6.45) is 1.31. The first-order valence-electron chi connectivity index (χ1n) is 10.0. The molecule has 0 atom stereocenters. The Morgan fingerprint density at radius 2 is 1.45 bits per heavy atom. The molecule has 1 N–H and O–H groups in total. The monoisotopic (exact) mass is 464 g/mol. The van der Waals surface area contributed by atoms with Crippen LogP contribution in [0.3, 0.4) is 0 Å². The number of benzene rings is 3. The molecule has 0 saturated heterocycles. The molecule has 1 heterocycles. The third-order valence-electron chi connectivity index (χ3n) is 5.24. The highest BCUT2D eigenvalue weighted by Crippen LogP contribution is 2.30. The van der Waals surface area contributed by atoms with Crippen molar-refractivity contribution in [2.45, 2.75) is 12.6 Å². The number of carboxylic acids is 1. The predicted octanol–water partition coefficient (Wildman–Crippen LogP) is 4.19. The number of aromatic nitrogens is 2. The molecule has 6 nitrogen and oxygen atoms in total. The van der Waals surface area contributed by atoms with E-state index in [2.05, 4.69) is 0 Å². The van der Waals surface area contributed by atoms with E-state index in [0.29, 0.717) is 4.57 Å². The van der Waals surface area contributed by atoms with Gasteiger partial charge in [0.1, 0.15) is 12.4 Å². The van der Waals surface area contributed by atoms with E-state index in [1.54, 1.807) is 0 Å². The molecule has 0 bridgehead atoms. The molecule has 4 rings (SSSR count). The number of carboxylic acid groups (broad SMARTS) is 1. The fraction of sp³-hybridized carbons (Fsp3) is 0.0800. The van der Waals surface area contributed by atoms with Crippen LogP contribution in [0.25, 0.3) is 11.1 Å². The molecule has 166 valence electrons. The van der Waals surface area contributed by atoms with Gasteiger partial charge in [0.15, 0.2) is 0 Å². The first-order chi connectivity index (χ1) is 15.9. The highest BCUT2D eigenvalue weighted by Gasteiger charge is 2.24. The number of hydrogen-bond donors (Lipinski definition) is 1. The maximum absolute atomic E-state index is 14.2. The third kappa shape index (κ3) is 4.36. The van der Waals surface area contributed by atoms with Crippen molar-refractivity contribution < 1.29 is 14.3 Å². The second-order valence-corrected chi connectivity index (χ2v) is 7.72. The van der Waals surface area contributed by atoms with Crippen LogP contribution in [0.1, 0.15) is 17.2 Å². The van der Waals surface area contributed by atoms with Gasteiger partial charge in [-0.2, -0.15) is 0 Å². The molecule has 0 aliphatic rings. The second kappa shape index (κ2) is 9.26. The van der Waals surface area contributed by atoms with Crippen LogP contribution < -0.4 is 11.2 Å². The Morgan fingerprint density at radius 3 is 2.00 bits per heavy atom. The lowest BCUT2D eigenvalue weighted by atomic mass is 9.98. The Labute approximate surface area is 192 Å². The van der Waals surface area contributed by atoms with Gasteiger partial charge in [0.05, 0.1) is 16.6 Å². The van der Waals surface area contributed by atoms with Gasteiger partial charge in [-0.1, -0.05) is 84.4 Å². The van der Waals surface area contributed by atoms with Gasteiger partial charge in [-0.05, 0) is 17.2 Å². The summed E-state index contributed by atoms with van der Waals surface area (Å²) >= 11 is 6.14. The Hall–Kier alpha value is -3.97. The Kier molecular flexibility index (Phi) is 6.24. The first-order valence-corrected chi connectivity index (χ1v) is 10.4. The van der Waals surface area contributed by atoms with E-state index in [0.717, 1.165) is 17.2 Å². The van der Waals surface area contributed by atoms with Crippen molar-refractivity contribution in [3.63, 3.8) is 0 Å². The number of halogens is 2. The molecule has 0 radical (unpaired) electrons. The molecule has 0 spiro atoms. The van der Waals surface area contributed by atoms with Gasteiger partial charge in [0, 0.05) is 11.8 Å². The standard InChI is InChI=1S/C25H18ClFN2O4/c26-22-18(12-7-13-20(22)27)19-14-28(25(33)29(24(19)32)15-21(30)31)23(16-8-3-1-4-9-16)17-10-5-2-6-11-17/h1-14,23H,15H2,(H,30,31). The van der Waals surface area contributed by atoms with E-state index in [-0.39, 0.29) is 16.1 Å². The lowest BCUT2D eigenvalue weighted by molar-refractivity contribution is -0.137. The molecule has 0 amide bonds. The van der Waals surface area contributed by atoms with Crippen LogP contribution in [0.15, 0.2) is 94.6 Å². The van der Waals surface area contributed by atoms with Crippen molar-refractivity contribution in [2.24, 2.45) is 0 Å². The van der Waals surface area contributed by atoms with Crippen molar-refractivity contribution >= 4 is 17.6 Å². The van der Waals surface area contributed by atoms with Gasteiger partial charge in [-0.15, -0.1) is 0 Å². The molecule has 0 fully saturated rings. The Balaban J connectivity index is 2.08. The lowest BCUT2D eigenvalue weighted by Gasteiger charge is -2.23. The zero-order valence-electron chi connectivity index (χ0n) is 17.2. The van der Waals surface area contributed by atoms with E-state index in [4.69, 9.17) is 11.6 Å². The van der Waals surface area contributed by atoms with Crippen molar-refractivity contribution in [2.75, 3.05) is 0 Å². The summed E-state index contributed by atoms with van der Waals surface area (Å²) in [5.41, 5.74) is -0.223. The van der Waals surface area contributed by atoms with Crippen molar-refractivity contribution in [1.29, 1.82) is 0 Å². The van der Waals surface area contributed by atoms with Crippen LogP contribution in [0, 0.1) is 5.82 Å². The third-order valence-corrected chi connectivity index (χ3v) is 5.62. The number of rotatable bonds is 6. The quantitative estimate of drug-likeness (QED) is 0.464. The van der Waals surface area contributed by atoms with Gasteiger partial charge in [-0.25, -0.2) is 13.8 Å². The molecule has 4 aromatic rings. The second-order valence-electron chi connectivity index (χ2n) is 7.34. The van der Waals surface area contributed by atoms with Crippen LogP contribution in [0.5, 0.6) is 0 Å². The molecule has 8 heteroatoms. The number of nitrogens with zero attached hydrogens (tertiary/aromatic N) is 2. The first kappa shape index (κ1) is 22.2. The highest BCUT2D eigenvalue weighted by molar-refractivity contribution is 6.33. The van der Waals surface area contributed by atoms with E-state index < -0.39 is 35.6 Å². The SMILES string of the molecule is O=C(O)Cn1c(=O)c(-c2cccc(F)c2Cl)cn(C(c2ccccc2)c2ccccc2)c1=O. The van der Waals surface area contributed by atoms with Gasteiger partial charge in [0.25, 0.3) is 5.56 Å². The van der Waals surface area contributed by atoms with Crippen LogP contribution in [-0.4, -0.2) is 20.2 Å². The van der Waals surface area contributed by atoms with Gasteiger partial charge in [-0.3, -0.25) is 14.2 Å². The highest BCUT2D eigenvalue weighted by atomic mass is 35.5. The minimum atomic E-state index is -1.36. The number of carbonyl (C=O) groups is 1. The number of aliphatic carboxylic acids is 1. The minimum absolute atomic E-state index is 0.0643. The van der Waals surface area contributed by atoms with Gasteiger partial charge < -0.3 is 5.11 Å². The minimum Gasteiger partial charge on any atom is -0.480 e. The van der Waals surface area contributed by atoms with Crippen molar-refractivity contribution in [3.8, 4) is 11.1 Å². The predicted molar refractivity (Wildman–Crippen MR) is 123 cm³/mol. The molecule has 0 aliphatic carbocycles. The smallest absolute Gasteiger partial charge is 0.332 e. The molecular weight excluding hydrogens is 447 g/mol. The average Bonchev–Trinajstić information content (AvgIpc) is 2.82. The summed E-state index contributed by atoms with van der Waals surface area (Å²) in [6, 6.07) is 21.5. The summed E-state index contributed by atoms with van der Waals surface area (Å²) in [5, 5.41) is 9.05. The fourth-order valence-corrected chi connectivity index (χ4v) is 3.99. The Bertz CT molecular complexity index is 1390. The number of hydrogen-bond acceptors (Lipinski definition) is 3. The summed E-state index contributed by atoms with van der Waals surface area (Å²) < 4.78 is 16.1. The van der Waals surface area contributed by atoms with Gasteiger partial charge in [0.2, 0.25) is 0 Å². The van der Waals surface area contributed by atoms with Crippen LogP contribution in [0.2, 0.25) is 5.02 Å². The van der Waals surface area contributed by atoms with Crippen LogP contribution in [-0.2, 0) is 11.3 Å². The lowest BCUT2D eigenvalue weighted by Crippen LogP contribution is -2.43. The molecule has 0 saturated carbocycles. The van der Waals surface area contributed by atoms with Crippen LogP contribution in [0.4, 0.5) is 4.39 Å². The molecule has 0 aliphatic heterocycles. The zero-order valence-corrected chi connectivity index (χ0v) is 17.9.